The van der Waals surface area contributed by atoms with Crippen molar-refractivity contribution in [2.75, 3.05) is 13.2 Å². The van der Waals surface area contributed by atoms with E-state index in [0.717, 1.165) is 0 Å². The Morgan fingerprint density at radius 2 is 1.44 bits per heavy atom. The zero-order valence-electron chi connectivity index (χ0n) is 18.6. The maximum Gasteiger partial charge on any atom is 0.314 e. The van der Waals surface area contributed by atoms with Gasteiger partial charge in [0.2, 0.25) is 5.79 Å². The molecule has 2 aromatic carbocycles. The minimum absolute atomic E-state index is 0.0355. The highest BCUT2D eigenvalue weighted by Gasteiger charge is 2.54. The number of ether oxygens (including phenoxy) is 2. The molecule has 10 heteroatoms. The van der Waals surface area contributed by atoms with Crippen molar-refractivity contribution in [3.8, 4) is 0 Å². The van der Waals surface area contributed by atoms with E-state index < -0.39 is 29.2 Å². The summed E-state index contributed by atoms with van der Waals surface area (Å²) < 4.78 is 10.1. The summed E-state index contributed by atoms with van der Waals surface area (Å²) in [5.74, 6) is -4.98. The van der Waals surface area contributed by atoms with E-state index in [1.165, 1.54) is 13.8 Å². The van der Waals surface area contributed by atoms with Crippen molar-refractivity contribution in [3.05, 3.63) is 69.7 Å². The number of hydrogen-bond acceptors (Lipinski definition) is 8. The van der Waals surface area contributed by atoms with E-state index in [1.807, 2.05) is 0 Å². The lowest BCUT2D eigenvalue weighted by molar-refractivity contribution is -0.489. The van der Waals surface area contributed by atoms with E-state index >= 15 is 0 Å². The molecular formula is C24H24Cl2O8. The van der Waals surface area contributed by atoms with E-state index in [1.54, 1.807) is 48.5 Å². The molecule has 0 bridgehead atoms. The summed E-state index contributed by atoms with van der Waals surface area (Å²) in [7, 11) is 0. The van der Waals surface area contributed by atoms with Crippen LogP contribution in [-0.4, -0.2) is 41.8 Å². The van der Waals surface area contributed by atoms with Crippen molar-refractivity contribution in [2.24, 2.45) is 5.92 Å². The van der Waals surface area contributed by atoms with E-state index in [4.69, 9.17) is 42.5 Å². The predicted molar refractivity (Wildman–Crippen MR) is 122 cm³/mol. The van der Waals surface area contributed by atoms with Gasteiger partial charge in [-0.3, -0.25) is 14.4 Å². The topological polar surface area (TPSA) is 108 Å². The summed E-state index contributed by atoms with van der Waals surface area (Å²) in [6, 6.07) is 13.6. The van der Waals surface area contributed by atoms with Crippen LogP contribution in [0.15, 0.2) is 48.5 Å². The van der Waals surface area contributed by atoms with Crippen molar-refractivity contribution in [3.63, 3.8) is 0 Å². The monoisotopic (exact) mass is 510 g/mol. The minimum Gasteiger partial charge on any atom is -0.462 e. The predicted octanol–water partition coefficient (Wildman–Crippen LogP) is 3.98. The molecule has 0 spiro atoms. The van der Waals surface area contributed by atoms with Crippen LogP contribution in [0.5, 0.6) is 0 Å². The van der Waals surface area contributed by atoms with Crippen molar-refractivity contribution < 1.29 is 38.7 Å². The van der Waals surface area contributed by atoms with Crippen molar-refractivity contribution in [1.29, 1.82) is 0 Å². The van der Waals surface area contributed by atoms with Crippen LogP contribution in [0.2, 0.25) is 10.0 Å². The summed E-state index contributed by atoms with van der Waals surface area (Å²) in [4.78, 5) is 46.5. The lowest BCUT2D eigenvalue weighted by Gasteiger charge is -2.45. The maximum absolute atomic E-state index is 12.9. The molecule has 0 radical (unpaired) electrons. The first-order chi connectivity index (χ1) is 16.0. The highest BCUT2D eigenvalue weighted by molar-refractivity contribution is 6.30. The Bertz CT molecular complexity index is 988. The van der Waals surface area contributed by atoms with Gasteiger partial charge in [-0.15, -0.1) is 0 Å². The van der Waals surface area contributed by atoms with Crippen LogP contribution in [0.25, 0.3) is 0 Å². The number of carbonyl (C=O) groups excluding carboxylic acids is 3. The van der Waals surface area contributed by atoms with Crippen LogP contribution < -0.4 is 0 Å². The third-order valence-corrected chi connectivity index (χ3v) is 5.88. The first-order valence-corrected chi connectivity index (χ1v) is 11.2. The fourth-order valence-corrected chi connectivity index (χ4v) is 3.87. The molecule has 182 valence electrons. The first kappa shape index (κ1) is 26.1. The molecule has 0 aliphatic carbocycles. The Kier molecular flexibility index (Phi) is 8.33. The van der Waals surface area contributed by atoms with Gasteiger partial charge in [-0.1, -0.05) is 47.5 Å². The van der Waals surface area contributed by atoms with Gasteiger partial charge in [0.05, 0.1) is 0 Å². The highest BCUT2D eigenvalue weighted by atomic mass is 35.5. The van der Waals surface area contributed by atoms with Crippen LogP contribution in [0, 0.1) is 5.92 Å². The van der Waals surface area contributed by atoms with Crippen molar-refractivity contribution in [1.82, 2.24) is 0 Å². The van der Waals surface area contributed by atoms with Gasteiger partial charge < -0.3 is 14.6 Å². The first-order valence-electron chi connectivity index (χ1n) is 10.5. The van der Waals surface area contributed by atoms with Gasteiger partial charge in [0, 0.05) is 16.5 Å². The normalized spacial score (nSPS) is 21.5. The number of halogens is 2. The lowest BCUT2D eigenvalue weighted by Crippen LogP contribution is -2.53. The molecule has 1 N–H and O–H groups in total. The smallest absolute Gasteiger partial charge is 0.314 e. The Balaban J connectivity index is 1.82. The van der Waals surface area contributed by atoms with E-state index in [9.17, 15) is 19.5 Å². The quantitative estimate of drug-likeness (QED) is 0.246. The molecule has 34 heavy (non-hydrogen) atoms. The SMILES string of the molecule is CC(=O)CC(=O)OCCOC(=O)C1CC(c2ccc(Cl)cc2)(c2ccc(Cl)cc2)OOC1(C)O. The van der Waals surface area contributed by atoms with Gasteiger partial charge in [0.1, 0.15) is 31.3 Å². The van der Waals surface area contributed by atoms with Crippen molar-refractivity contribution >= 4 is 40.9 Å². The van der Waals surface area contributed by atoms with Crippen molar-refractivity contribution in [2.45, 2.75) is 38.1 Å². The molecule has 1 heterocycles. The van der Waals surface area contributed by atoms with Crippen LogP contribution in [0.4, 0.5) is 0 Å². The van der Waals surface area contributed by atoms with Gasteiger partial charge in [-0.2, -0.15) is 4.89 Å². The van der Waals surface area contributed by atoms with Crippen LogP contribution in [0.3, 0.4) is 0 Å². The van der Waals surface area contributed by atoms with E-state index in [0.29, 0.717) is 21.2 Å². The molecule has 1 fully saturated rings. The average molecular weight is 511 g/mol. The number of carbonyl (C=O) groups is 3. The minimum atomic E-state index is -2.00. The molecule has 8 nitrogen and oxygen atoms in total. The number of rotatable bonds is 8. The maximum atomic E-state index is 12.9. The van der Waals surface area contributed by atoms with Gasteiger partial charge in [-0.25, -0.2) is 4.89 Å². The number of esters is 2. The Morgan fingerprint density at radius 3 is 1.94 bits per heavy atom. The summed E-state index contributed by atoms with van der Waals surface area (Å²) in [5, 5.41) is 11.8. The average Bonchev–Trinajstić information content (AvgIpc) is 2.77. The lowest BCUT2D eigenvalue weighted by atomic mass is 9.76. The highest BCUT2D eigenvalue weighted by Crippen LogP contribution is 2.47. The zero-order valence-corrected chi connectivity index (χ0v) is 20.1. The van der Waals surface area contributed by atoms with Crippen LogP contribution >= 0.6 is 23.2 Å². The van der Waals surface area contributed by atoms with E-state index in [2.05, 4.69) is 0 Å². The molecule has 3 rings (SSSR count). The Hall–Kier alpha value is -2.49. The second kappa shape index (κ2) is 10.8. The van der Waals surface area contributed by atoms with Gasteiger partial charge >= 0.3 is 11.9 Å². The fourth-order valence-electron chi connectivity index (χ4n) is 3.62. The van der Waals surface area contributed by atoms with Gasteiger partial charge in [0.25, 0.3) is 0 Å². The molecule has 2 atom stereocenters. The van der Waals surface area contributed by atoms with Gasteiger partial charge in [0.15, 0.2) is 5.60 Å². The number of benzene rings is 2. The van der Waals surface area contributed by atoms with Gasteiger partial charge in [-0.05, 0) is 49.2 Å². The number of aliphatic hydroxyl groups is 1. The number of hydrogen-bond donors (Lipinski definition) is 1. The molecule has 0 aromatic heterocycles. The second-order valence-electron chi connectivity index (χ2n) is 8.09. The molecule has 1 saturated heterocycles. The summed E-state index contributed by atoms with van der Waals surface area (Å²) >= 11 is 12.1. The molecule has 1 aliphatic heterocycles. The molecule has 2 unspecified atom stereocenters. The number of ketones is 1. The molecule has 0 saturated carbocycles. The molecular weight excluding hydrogens is 487 g/mol. The number of Topliss-reactive ketones (excluding diaryl/α,β-unsaturated/α-hetero) is 1. The zero-order chi connectivity index (χ0) is 24.9. The molecule has 0 amide bonds. The molecule has 2 aromatic rings. The fraction of sp³-hybridized carbons (Fsp3) is 0.375. The van der Waals surface area contributed by atoms with Crippen LogP contribution in [0.1, 0.15) is 37.8 Å². The summed E-state index contributed by atoms with van der Waals surface area (Å²) in [6.07, 6.45) is -0.395. The summed E-state index contributed by atoms with van der Waals surface area (Å²) in [5.41, 5.74) is -0.0222. The Morgan fingerprint density at radius 1 is 0.941 bits per heavy atom. The largest absolute Gasteiger partial charge is 0.462 e. The third-order valence-electron chi connectivity index (χ3n) is 5.38. The van der Waals surface area contributed by atoms with Crippen LogP contribution in [-0.2, 0) is 39.2 Å². The van der Waals surface area contributed by atoms with E-state index in [-0.39, 0.29) is 31.8 Å². The molecule has 1 aliphatic rings. The second-order valence-corrected chi connectivity index (χ2v) is 8.96. The summed E-state index contributed by atoms with van der Waals surface area (Å²) in [6.45, 7) is 2.07. The standard InChI is InChI=1S/C24H24Cl2O8/c1-15(27)13-21(28)31-11-12-32-22(29)20-14-24(34-33-23(20,2)30,16-3-7-18(25)8-4-16)17-5-9-19(26)10-6-17/h3-10,20,30H,11-14H2,1-2H3. The third kappa shape index (κ3) is 6.14. The Labute approximate surface area is 206 Å².